The second kappa shape index (κ2) is 5.26. The number of morpholine rings is 1. The van der Waals surface area contributed by atoms with Crippen molar-refractivity contribution in [3.63, 3.8) is 0 Å². The van der Waals surface area contributed by atoms with Crippen molar-refractivity contribution in [2.45, 2.75) is 31.9 Å². The van der Waals surface area contributed by atoms with Crippen LogP contribution in [0.5, 0.6) is 0 Å². The normalized spacial score (nSPS) is 27.1. The molecule has 19 heavy (non-hydrogen) atoms. The van der Waals surface area contributed by atoms with Crippen molar-refractivity contribution < 1.29 is 19.1 Å². The van der Waals surface area contributed by atoms with Gasteiger partial charge in [0.25, 0.3) is 5.91 Å². The van der Waals surface area contributed by atoms with Gasteiger partial charge >= 0.3 is 0 Å². The average molecular weight is 269 g/mol. The van der Waals surface area contributed by atoms with E-state index >= 15 is 0 Å². The molecule has 0 radical (unpaired) electrons. The summed E-state index contributed by atoms with van der Waals surface area (Å²) >= 11 is 0. The molecule has 2 heterocycles. The molecule has 2 aliphatic rings. The van der Waals surface area contributed by atoms with Gasteiger partial charge in [0.05, 0.1) is 19.1 Å². The van der Waals surface area contributed by atoms with E-state index in [0.29, 0.717) is 13.2 Å². The van der Waals surface area contributed by atoms with Crippen molar-refractivity contribution in [3.8, 4) is 0 Å². The smallest absolute Gasteiger partial charge is 0.252 e. The first kappa shape index (κ1) is 14.0. The maximum absolute atomic E-state index is 12.3. The van der Waals surface area contributed by atoms with Gasteiger partial charge in [-0.25, -0.2) is 0 Å². The number of rotatable bonds is 2. The van der Waals surface area contributed by atoms with Gasteiger partial charge in [-0.15, -0.1) is 0 Å². The van der Waals surface area contributed by atoms with Gasteiger partial charge in [-0.3, -0.25) is 19.7 Å². The summed E-state index contributed by atoms with van der Waals surface area (Å²) in [4.78, 5) is 36.7. The fourth-order valence-electron chi connectivity index (χ4n) is 2.24. The van der Waals surface area contributed by atoms with Crippen molar-refractivity contribution >= 4 is 17.7 Å². The molecule has 0 bridgehead atoms. The number of hydrogen-bond donors (Lipinski definition) is 2. The lowest BCUT2D eigenvalue weighted by molar-refractivity contribution is -0.157. The second-order valence-electron chi connectivity index (χ2n) is 5.32. The predicted octanol–water partition coefficient (Wildman–Crippen LogP) is -1.37. The molecule has 2 rings (SSSR count). The molecule has 3 amide bonds. The number of amides is 3. The van der Waals surface area contributed by atoms with E-state index in [-0.39, 0.29) is 25.0 Å². The quantitative estimate of drug-likeness (QED) is 0.604. The highest BCUT2D eigenvalue weighted by atomic mass is 16.5. The summed E-state index contributed by atoms with van der Waals surface area (Å²) in [6, 6.07) is 0. The molecule has 0 aromatic heterocycles. The topological polar surface area (TPSA) is 87.7 Å². The van der Waals surface area contributed by atoms with Crippen molar-refractivity contribution in [2.24, 2.45) is 0 Å². The minimum absolute atomic E-state index is 0.0856. The molecule has 2 aliphatic heterocycles. The highest BCUT2D eigenvalue weighted by Gasteiger charge is 2.43. The van der Waals surface area contributed by atoms with E-state index in [1.54, 1.807) is 13.8 Å². The summed E-state index contributed by atoms with van der Waals surface area (Å²) in [6.07, 6.45) is -0.0195. The Labute approximate surface area is 111 Å². The average Bonchev–Trinajstić information content (AvgIpc) is 2.35. The Morgan fingerprint density at radius 1 is 1.47 bits per heavy atom. The van der Waals surface area contributed by atoms with Gasteiger partial charge in [0, 0.05) is 13.1 Å². The second-order valence-corrected chi connectivity index (χ2v) is 5.32. The van der Waals surface area contributed by atoms with Gasteiger partial charge in [0.2, 0.25) is 11.8 Å². The van der Waals surface area contributed by atoms with Crippen LogP contribution in [0.2, 0.25) is 0 Å². The Hall–Kier alpha value is -1.47. The Bertz CT molecular complexity index is 402. The van der Waals surface area contributed by atoms with Crippen molar-refractivity contribution in [1.82, 2.24) is 15.5 Å². The van der Waals surface area contributed by atoms with Gasteiger partial charge in [-0.05, 0) is 13.8 Å². The zero-order valence-electron chi connectivity index (χ0n) is 11.2. The zero-order chi connectivity index (χ0) is 14.0. The van der Waals surface area contributed by atoms with Crippen LogP contribution in [-0.2, 0) is 19.1 Å². The molecule has 0 spiro atoms. The van der Waals surface area contributed by atoms with E-state index < -0.39 is 17.4 Å². The molecule has 7 heteroatoms. The van der Waals surface area contributed by atoms with Crippen LogP contribution in [0, 0.1) is 0 Å². The molecule has 0 saturated carbocycles. The van der Waals surface area contributed by atoms with Gasteiger partial charge in [-0.2, -0.15) is 0 Å². The zero-order valence-corrected chi connectivity index (χ0v) is 11.2. The summed E-state index contributed by atoms with van der Waals surface area (Å²) in [5.41, 5.74) is -1.01. The molecule has 7 nitrogen and oxygen atoms in total. The predicted molar refractivity (Wildman–Crippen MR) is 66.2 cm³/mol. The SMILES string of the molecule is CC1(C)C(=O)NC(=O)CN1C(=O)CC1CNCCO1. The molecule has 0 aliphatic carbocycles. The number of nitrogens with zero attached hydrogens (tertiary/aromatic N) is 1. The number of carbonyl (C=O) groups is 3. The molecule has 106 valence electrons. The molecular weight excluding hydrogens is 250 g/mol. The third kappa shape index (κ3) is 2.93. The summed E-state index contributed by atoms with van der Waals surface area (Å²) in [5, 5.41) is 5.38. The Balaban J connectivity index is 2.03. The molecule has 2 fully saturated rings. The highest BCUT2D eigenvalue weighted by Crippen LogP contribution is 2.20. The fourth-order valence-corrected chi connectivity index (χ4v) is 2.24. The van der Waals surface area contributed by atoms with Crippen molar-refractivity contribution in [3.05, 3.63) is 0 Å². The molecule has 1 unspecified atom stereocenters. The number of nitrogens with one attached hydrogen (secondary N) is 2. The van der Waals surface area contributed by atoms with Gasteiger partial charge in [0.15, 0.2) is 0 Å². The number of carbonyl (C=O) groups excluding carboxylic acids is 3. The highest BCUT2D eigenvalue weighted by molar-refractivity contribution is 6.06. The van der Waals surface area contributed by atoms with Gasteiger partial charge in [0.1, 0.15) is 12.1 Å². The van der Waals surface area contributed by atoms with Crippen LogP contribution >= 0.6 is 0 Å². The molecule has 1 atom stereocenters. The Morgan fingerprint density at radius 3 is 2.84 bits per heavy atom. The third-order valence-corrected chi connectivity index (χ3v) is 3.49. The largest absolute Gasteiger partial charge is 0.375 e. The minimum Gasteiger partial charge on any atom is -0.375 e. The molecule has 0 aromatic rings. The van der Waals surface area contributed by atoms with E-state index in [1.807, 2.05) is 0 Å². The van der Waals surface area contributed by atoms with E-state index in [4.69, 9.17) is 4.74 Å². The van der Waals surface area contributed by atoms with Gasteiger partial charge < -0.3 is 15.0 Å². The lowest BCUT2D eigenvalue weighted by atomic mass is 9.97. The lowest BCUT2D eigenvalue weighted by Crippen LogP contribution is -2.65. The monoisotopic (exact) mass is 269 g/mol. The Kier molecular flexibility index (Phi) is 3.86. The van der Waals surface area contributed by atoms with Crippen LogP contribution in [0.1, 0.15) is 20.3 Å². The number of ether oxygens (including phenoxy) is 1. The lowest BCUT2D eigenvalue weighted by Gasteiger charge is -2.40. The first-order valence-corrected chi connectivity index (χ1v) is 6.38. The van der Waals surface area contributed by atoms with E-state index in [0.717, 1.165) is 6.54 Å². The van der Waals surface area contributed by atoms with Crippen LogP contribution in [0.4, 0.5) is 0 Å². The first-order chi connectivity index (χ1) is 8.91. The van der Waals surface area contributed by atoms with E-state index in [2.05, 4.69) is 10.6 Å². The van der Waals surface area contributed by atoms with Crippen LogP contribution in [0.25, 0.3) is 0 Å². The number of hydrogen-bond acceptors (Lipinski definition) is 5. The third-order valence-electron chi connectivity index (χ3n) is 3.49. The maximum Gasteiger partial charge on any atom is 0.252 e. The van der Waals surface area contributed by atoms with Crippen LogP contribution in [-0.4, -0.2) is 60.5 Å². The summed E-state index contributed by atoms with van der Waals surface area (Å²) in [7, 11) is 0. The Morgan fingerprint density at radius 2 is 2.21 bits per heavy atom. The molecular formula is C12H19N3O4. The standard InChI is InChI=1S/C12H19N3O4/c1-12(2)11(18)14-9(16)7-15(12)10(17)5-8-6-13-3-4-19-8/h8,13H,3-7H2,1-2H3,(H,14,16,18). The fraction of sp³-hybridized carbons (Fsp3) is 0.750. The first-order valence-electron chi connectivity index (χ1n) is 6.38. The maximum atomic E-state index is 12.3. The summed E-state index contributed by atoms with van der Waals surface area (Å²) < 4.78 is 5.47. The minimum atomic E-state index is -1.01. The molecule has 2 saturated heterocycles. The molecule has 2 N–H and O–H groups in total. The van der Waals surface area contributed by atoms with E-state index in [1.165, 1.54) is 4.90 Å². The summed E-state index contributed by atoms with van der Waals surface area (Å²) in [6.45, 7) is 5.14. The van der Waals surface area contributed by atoms with Crippen LogP contribution < -0.4 is 10.6 Å². The van der Waals surface area contributed by atoms with Crippen LogP contribution in [0.3, 0.4) is 0 Å². The van der Waals surface area contributed by atoms with E-state index in [9.17, 15) is 14.4 Å². The van der Waals surface area contributed by atoms with Crippen molar-refractivity contribution in [2.75, 3.05) is 26.2 Å². The van der Waals surface area contributed by atoms with Gasteiger partial charge in [-0.1, -0.05) is 0 Å². The number of piperazine rings is 1. The van der Waals surface area contributed by atoms with Crippen LogP contribution in [0.15, 0.2) is 0 Å². The summed E-state index contributed by atoms with van der Waals surface area (Å²) in [5.74, 6) is -1.12. The van der Waals surface area contributed by atoms with Crippen molar-refractivity contribution in [1.29, 1.82) is 0 Å². The number of imide groups is 1. The molecule has 0 aromatic carbocycles.